The molecular weight excluding hydrogens is 266 g/mol. The van der Waals surface area contributed by atoms with Crippen LogP contribution in [-0.2, 0) is 4.74 Å². The van der Waals surface area contributed by atoms with Gasteiger partial charge in [-0.1, -0.05) is 22.0 Å². The van der Waals surface area contributed by atoms with Crippen LogP contribution in [-0.4, -0.2) is 11.2 Å². The summed E-state index contributed by atoms with van der Waals surface area (Å²) in [7, 11) is 0. The van der Waals surface area contributed by atoms with Gasteiger partial charge in [0.15, 0.2) is 0 Å². The molecule has 1 aromatic heterocycles. The summed E-state index contributed by atoms with van der Waals surface area (Å²) in [6.45, 7) is 0.887. The number of benzene rings is 1. The molecule has 2 aromatic rings. The van der Waals surface area contributed by atoms with Gasteiger partial charge in [-0.05, 0) is 37.5 Å². The number of halogens is 1. The highest BCUT2D eigenvalue weighted by atomic mass is 79.9. The Balaban J connectivity index is 2.06. The zero-order valence-corrected chi connectivity index (χ0v) is 10.6. The summed E-state index contributed by atoms with van der Waals surface area (Å²) in [5.74, 6) is 0. The molecule has 1 atom stereocenters. The number of fused-ring (bicyclic) bond motifs is 1. The highest BCUT2D eigenvalue weighted by Crippen LogP contribution is 2.30. The van der Waals surface area contributed by atoms with Gasteiger partial charge in [-0.3, -0.25) is 0 Å². The second-order valence-electron chi connectivity index (χ2n) is 4.22. The van der Waals surface area contributed by atoms with Crippen LogP contribution < -0.4 is 0 Å². The first kappa shape index (κ1) is 10.4. The zero-order chi connectivity index (χ0) is 11.0. The molecule has 3 heteroatoms. The van der Waals surface area contributed by atoms with E-state index in [1.54, 1.807) is 0 Å². The average molecular weight is 280 g/mol. The topological polar surface area (TPSA) is 14.2 Å². The second kappa shape index (κ2) is 4.22. The summed E-state index contributed by atoms with van der Waals surface area (Å²) in [6.07, 6.45) is 5.93. The van der Waals surface area contributed by atoms with E-state index < -0.39 is 0 Å². The van der Waals surface area contributed by atoms with Crippen molar-refractivity contribution in [1.82, 2.24) is 4.57 Å². The number of hydrogen-bond donors (Lipinski definition) is 0. The minimum absolute atomic E-state index is 0.223. The molecule has 1 aliphatic rings. The molecule has 0 aliphatic carbocycles. The van der Waals surface area contributed by atoms with Crippen LogP contribution in [0.5, 0.6) is 0 Å². The molecular formula is C13H14BrNO. The summed E-state index contributed by atoms with van der Waals surface area (Å²) in [5.41, 5.74) is 1.25. The molecule has 1 aliphatic heterocycles. The minimum atomic E-state index is 0.223. The van der Waals surface area contributed by atoms with Crippen molar-refractivity contribution in [2.75, 3.05) is 6.61 Å². The van der Waals surface area contributed by atoms with Gasteiger partial charge in [0.05, 0.1) is 5.52 Å². The maximum atomic E-state index is 5.82. The maximum Gasteiger partial charge on any atom is 0.133 e. The molecule has 0 spiro atoms. The van der Waals surface area contributed by atoms with E-state index in [4.69, 9.17) is 4.74 Å². The maximum absolute atomic E-state index is 5.82. The van der Waals surface area contributed by atoms with Gasteiger partial charge in [0.25, 0.3) is 0 Å². The van der Waals surface area contributed by atoms with Gasteiger partial charge >= 0.3 is 0 Å². The van der Waals surface area contributed by atoms with Crippen molar-refractivity contribution >= 4 is 26.8 Å². The van der Waals surface area contributed by atoms with E-state index >= 15 is 0 Å². The Morgan fingerprint density at radius 1 is 1.25 bits per heavy atom. The van der Waals surface area contributed by atoms with Crippen LogP contribution in [0.1, 0.15) is 25.5 Å². The lowest BCUT2D eigenvalue weighted by molar-refractivity contribution is -0.0291. The number of hydrogen-bond acceptors (Lipinski definition) is 1. The van der Waals surface area contributed by atoms with E-state index in [1.807, 2.05) is 0 Å². The first-order valence-corrected chi connectivity index (χ1v) is 6.52. The fraction of sp³-hybridized carbons (Fsp3) is 0.385. The molecule has 16 heavy (non-hydrogen) atoms. The van der Waals surface area contributed by atoms with Crippen molar-refractivity contribution in [3.05, 3.63) is 34.9 Å². The van der Waals surface area contributed by atoms with Crippen LogP contribution in [0.2, 0.25) is 0 Å². The van der Waals surface area contributed by atoms with E-state index in [9.17, 15) is 0 Å². The molecule has 1 unspecified atom stereocenters. The third-order valence-electron chi connectivity index (χ3n) is 3.18. The third kappa shape index (κ3) is 1.68. The van der Waals surface area contributed by atoms with Gasteiger partial charge in [0, 0.05) is 22.7 Å². The van der Waals surface area contributed by atoms with Gasteiger partial charge < -0.3 is 9.30 Å². The summed E-state index contributed by atoms with van der Waals surface area (Å²) in [4.78, 5) is 0. The van der Waals surface area contributed by atoms with E-state index in [1.165, 1.54) is 23.7 Å². The fourth-order valence-electron chi connectivity index (χ4n) is 2.35. The molecule has 0 radical (unpaired) electrons. The molecule has 1 aromatic carbocycles. The Morgan fingerprint density at radius 2 is 2.19 bits per heavy atom. The molecule has 0 bridgehead atoms. The normalized spacial score (nSPS) is 21.4. The smallest absolute Gasteiger partial charge is 0.133 e. The summed E-state index contributed by atoms with van der Waals surface area (Å²) < 4.78 is 9.22. The molecule has 0 amide bonds. The zero-order valence-electron chi connectivity index (χ0n) is 9.03. The van der Waals surface area contributed by atoms with Gasteiger partial charge in [0.2, 0.25) is 0 Å². The average Bonchev–Trinajstić information content (AvgIpc) is 2.75. The van der Waals surface area contributed by atoms with Crippen LogP contribution in [0, 0.1) is 0 Å². The highest BCUT2D eigenvalue weighted by Gasteiger charge is 2.17. The molecule has 0 saturated carbocycles. The lowest BCUT2D eigenvalue weighted by atomic mass is 10.2. The fourth-order valence-corrected chi connectivity index (χ4v) is 2.83. The van der Waals surface area contributed by atoms with Crippen molar-refractivity contribution in [2.45, 2.75) is 25.5 Å². The molecule has 0 N–H and O–H groups in total. The third-order valence-corrected chi connectivity index (χ3v) is 3.87. The Morgan fingerprint density at radius 3 is 3.00 bits per heavy atom. The van der Waals surface area contributed by atoms with Crippen LogP contribution in [0.25, 0.3) is 10.9 Å². The first-order chi connectivity index (χ1) is 7.86. The SMILES string of the molecule is Brc1cccc2c1ccn2C1CCCCO1. The molecule has 1 saturated heterocycles. The van der Waals surface area contributed by atoms with Crippen LogP contribution in [0.3, 0.4) is 0 Å². The number of ether oxygens (including phenoxy) is 1. The van der Waals surface area contributed by atoms with Crippen LogP contribution in [0.4, 0.5) is 0 Å². The standard InChI is InChI=1S/C13H14BrNO/c14-11-4-3-5-12-10(11)7-8-15(12)13-6-1-2-9-16-13/h3-5,7-8,13H,1-2,6,9H2. The van der Waals surface area contributed by atoms with E-state index in [0.717, 1.165) is 17.5 Å². The summed E-state index contributed by atoms with van der Waals surface area (Å²) in [5, 5.41) is 1.26. The number of nitrogens with zero attached hydrogens (tertiary/aromatic N) is 1. The van der Waals surface area contributed by atoms with Crippen LogP contribution in [0.15, 0.2) is 34.9 Å². The van der Waals surface area contributed by atoms with Crippen LogP contribution >= 0.6 is 15.9 Å². The van der Waals surface area contributed by atoms with E-state index in [-0.39, 0.29) is 6.23 Å². The molecule has 2 heterocycles. The van der Waals surface area contributed by atoms with Crippen molar-refractivity contribution in [2.24, 2.45) is 0 Å². The van der Waals surface area contributed by atoms with Gasteiger partial charge in [-0.25, -0.2) is 0 Å². The van der Waals surface area contributed by atoms with Crippen molar-refractivity contribution in [3.8, 4) is 0 Å². The summed E-state index contributed by atoms with van der Waals surface area (Å²) in [6, 6.07) is 8.45. The summed E-state index contributed by atoms with van der Waals surface area (Å²) >= 11 is 3.58. The van der Waals surface area contributed by atoms with Gasteiger partial charge in [-0.2, -0.15) is 0 Å². The van der Waals surface area contributed by atoms with Gasteiger partial charge in [0.1, 0.15) is 6.23 Å². The van der Waals surface area contributed by atoms with E-state index in [2.05, 4.69) is 51.0 Å². The van der Waals surface area contributed by atoms with Gasteiger partial charge in [-0.15, -0.1) is 0 Å². The predicted octanol–water partition coefficient (Wildman–Crippen LogP) is 4.10. The van der Waals surface area contributed by atoms with Crippen molar-refractivity contribution in [1.29, 1.82) is 0 Å². The van der Waals surface area contributed by atoms with E-state index in [0.29, 0.717) is 0 Å². The Hall–Kier alpha value is -0.800. The largest absolute Gasteiger partial charge is 0.358 e. The second-order valence-corrected chi connectivity index (χ2v) is 5.07. The number of aromatic nitrogens is 1. The first-order valence-electron chi connectivity index (χ1n) is 5.73. The van der Waals surface area contributed by atoms with Crippen molar-refractivity contribution in [3.63, 3.8) is 0 Å². The molecule has 84 valence electrons. The Bertz CT molecular complexity index is 500. The Labute approximate surface area is 103 Å². The molecule has 2 nitrogen and oxygen atoms in total. The quantitative estimate of drug-likeness (QED) is 0.767. The predicted molar refractivity (Wildman–Crippen MR) is 68.5 cm³/mol. The monoisotopic (exact) mass is 279 g/mol. The van der Waals surface area contributed by atoms with Crippen molar-refractivity contribution < 1.29 is 4.74 Å². The molecule has 1 fully saturated rings. The highest BCUT2D eigenvalue weighted by molar-refractivity contribution is 9.10. The molecule has 3 rings (SSSR count). The number of rotatable bonds is 1. The lowest BCUT2D eigenvalue weighted by Crippen LogP contribution is -2.17. The lowest BCUT2D eigenvalue weighted by Gasteiger charge is -2.24. The minimum Gasteiger partial charge on any atom is -0.358 e. The Kier molecular flexibility index (Phi) is 2.74.